The summed E-state index contributed by atoms with van der Waals surface area (Å²) >= 11 is 3.12. The number of carbonyl (C=O) groups excluding carboxylic acids is 1. The summed E-state index contributed by atoms with van der Waals surface area (Å²) in [4.78, 5) is 16.9. The Labute approximate surface area is 162 Å². The zero-order valence-electron chi connectivity index (χ0n) is 15.4. The average Bonchev–Trinajstić information content (AvgIpc) is 3.25. The number of aryl methyl sites for hydroxylation is 1. The maximum atomic E-state index is 12.4. The summed E-state index contributed by atoms with van der Waals surface area (Å²) in [5.41, 5.74) is 1.44. The number of thioether (sulfide) groups is 1. The van der Waals surface area contributed by atoms with E-state index in [1.165, 1.54) is 35.0 Å². The lowest BCUT2D eigenvalue weighted by Crippen LogP contribution is -2.40. The monoisotopic (exact) mass is 391 g/mol. The van der Waals surface area contributed by atoms with Crippen LogP contribution in [0.15, 0.2) is 15.7 Å². The molecule has 1 saturated heterocycles. The molecule has 4 rings (SSSR count). The molecule has 0 aromatic carbocycles. The lowest BCUT2D eigenvalue weighted by atomic mass is 9.90. The van der Waals surface area contributed by atoms with Crippen molar-refractivity contribution in [2.24, 2.45) is 11.8 Å². The molecule has 0 spiro atoms. The Bertz CT molecular complexity index is 786. The van der Waals surface area contributed by atoms with E-state index >= 15 is 0 Å². The third kappa shape index (κ3) is 3.98. The molecule has 0 saturated carbocycles. The van der Waals surface area contributed by atoms with Gasteiger partial charge in [-0.3, -0.25) is 4.79 Å². The summed E-state index contributed by atoms with van der Waals surface area (Å²) in [6.45, 7) is 6.26. The lowest BCUT2D eigenvalue weighted by molar-refractivity contribution is -0.130. The Morgan fingerprint density at radius 3 is 3.08 bits per heavy atom. The zero-order valence-corrected chi connectivity index (χ0v) is 17.0. The Morgan fingerprint density at radius 2 is 2.23 bits per heavy atom. The number of amides is 1. The quantitative estimate of drug-likeness (QED) is 0.728. The molecular weight excluding hydrogens is 366 g/mol. The van der Waals surface area contributed by atoms with Crippen LogP contribution in [0.4, 0.5) is 0 Å². The first-order valence-electron chi connectivity index (χ1n) is 9.44. The van der Waals surface area contributed by atoms with Gasteiger partial charge in [0, 0.05) is 18.0 Å². The van der Waals surface area contributed by atoms with E-state index in [-0.39, 0.29) is 5.91 Å². The first kappa shape index (κ1) is 18.0. The van der Waals surface area contributed by atoms with E-state index in [4.69, 9.17) is 4.42 Å². The largest absolute Gasteiger partial charge is 0.410 e. The number of carbonyl (C=O) groups is 1. The molecule has 0 unspecified atom stereocenters. The van der Waals surface area contributed by atoms with Crippen molar-refractivity contribution in [2.75, 3.05) is 18.8 Å². The van der Waals surface area contributed by atoms with Crippen molar-refractivity contribution >= 4 is 29.0 Å². The maximum absolute atomic E-state index is 12.4. The summed E-state index contributed by atoms with van der Waals surface area (Å²) in [6.07, 6.45) is 5.87. The minimum atomic E-state index is 0.168. The van der Waals surface area contributed by atoms with Crippen LogP contribution in [0.3, 0.4) is 0 Å². The van der Waals surface area contributed by atoms with Crippen LogP contribution >= 0.6 is 23.1 Å². The molecule has 7 heteroatoms. The third-order valence-electron chi connectivity index (χ3n) is 5.28. The molecule has 1 aliphatic heterocycles. The molecular formula is C19H25N3O2S2. The molecule has 1 aliphatic carbocycles. The molecule has 5 nitrogen and oxygen atoms in total. The van der Waals surface area contributed by atoms with Crippen LogP contribution in [-0.2, 0) is 17.6 Å². The summed E-state index contributed by atoms with van der Waals surface area (Å²) in [5, 5.41) is 8.81. The highest BCUT2D eigenvalue weighted by atomic mass is 32.2. The number of piperidine rings is 1. The molecule has 0 N–H and O–H groups in total. The summed E-state index contributed by atoms with van der Waals surface area (Å²) in [6, 6.07) is 2.21. The molecule has 2 aliphatic rings. The van der Waals surface area contributed by atoms with E-state index in [1.54, 1.807) is 11.3 Å². The molecule has 0 bridgehead atoms. The Morgan fingerprint density at radius 1 is 1.35 bits per heavy atom. The number of fused-ring (bicyclic) bond motifs is 1. The Kier molecular flexibility index (Phi) is 5.36. The molecule has 2 aromatic heterocycles. The minimum absolute atomic E-state index is 0.168. The molecule has 1 fully saturated rings. The van der Waals surface area contributed by atoms with Crippen LogP contribution in [0, 0.1) is 11.8 Å². The van der Waals surface area contributed by atoms with Crippen LogP contribution in [0.5, 0.6) is 0 Å². The number of hydrogen-bond acceptors (Lipinski definition) is 6. The van der Waals surface area contributed by atoms with Crippen LogP contribution in [0.2, 0.25) is 0 Å². The second kappa shape index (κ2) is 7.72. The first-order valence-corrected chi connectivity index (χ1v) is 11.2. The predicted molar refractivity (Wildman–Crippen MR) is 105 cm³/mol. The van der Waals surface area contributed by atoms with Crippen LogP contribution in [0.1, 0.15) is 43.6 Å². The molecule has 2 aromatic rings. The van der Waals surface area contributed by atoms with E-state index in [0.717, 1.165) is 43.1 Å². The molecule has 140 valence electrons. The van der Waals surface area contributed by atoms with E-state index < -0.39 is 0 Å². The molecule has 3 heterocycles. The van der Waals surface area contributed by atoms with Crippen molar-refractivity contribution in [3.8, 4) is 10.8 Å². The Balaban J connectivity index is 1.37. The summed E-state index contributed by atoms with van der Waals surface area (Å²) in [5.74, 6) is 2.47. The predicted octanol–water partition coefficient (Wildman–Crippen LogP) is 4.27. The van der Waals surface area contributed by atoms with Crippen molar-refractivity contribution in [2.45, 2.75) is 51.2 Å². The van der Waals surface area contributed by atoms with Crippen molar-refractivity contribution in [1.82, 2.24) is 15.1 Å². The van der Waals surface area contributed by atoms with Gasteiger partial charge in [0.15, 0.2) is 0 Å². The van der Waals surface area contributed by atoms with Crippen molar-refractivity contribution < 1.29 is 9.21 Å². The van der Waals surface area contributed by atoms with Gasteiger partial charge in [0.25, 0.3) is 11.1 Å². The number of nitrogens with zero attached hydrogens (tertiary/aromatic N) is 3. The van der Waals surface area contributed by atoms with Gasteiger partial charge in [-0.05, 0) is 55.6 Å². The van der Waals surface area contributed by atoms with Crippen LogP contribution < -0.4 is 0 Å². The molecule has 2 atom stereocenters. The fraction of sp³-hybridized carbons (Fsp3) is 0.632. The van der Waals surface area contributed by atoms with E-state index in [0.29, 0.717) is 22.8 Å². The summed E-state index contributed by atoms with van der Waals surface area (Å²) in [7, 11) is 0. The highest BCUT2D eigenvalue weighted by Crippen LogP contribution is 2.37. The normalized spacial score (nSPS) is 23.1. The van der Waals surface area contributed by atoms with E-state index in [2.05, 4.69) is 30.1 Å². The van der Waals surface area contributed by atoms with Gasteiger partial charge < -0.3 is 9.32 Å². The van der Waals surface area contributed by atoms with Gasteiger partial charge >= 0.3 is 0 Å². The highest BCUT2D eigenvalue weighted by molar-refractivity contribution is 7.99. The lowest BCUT2D eigenvalue weighted by Gasteiger charge is -2.30. The standard InChI is InChI=1S/C19H25N3O2S2/c1-12-5-6-15-14(8-12)9-16(26-15)18-20-21-19(24-18)25-11-17(23)22-7-3-4-13(2)10-22/h9,12-13H,3-8,10-11H2,1-2H3/t12-,13+/m1/s1. The number of hydrogen-bond donors (Lipinski definition) is 0. The van der Waals surface area contributed by atoms with Crippen molar-refractivity contribution in [1.29, 1.82) is 0 Å². The van der Waals surface area contributed by atoms with Crippen LogP contribution in [0.25, 0.3) is 10.8 Å². The minimum Gasteiger partial charge on any atom is -0.410 e. The van der Waals surface area contributed by atoms with Gasteiger partial charge in [-0.1, -0.05) is 25.6 Å². The van der Waals surface area contributed by atoms with E-state index in [1.807, 2.05) is 4.90 Å². The SMILES string of the molecule is C[C@@H]1CCc2sc(-c3nnc(SCC(=O)N4CCC[C@H](C)C4)o3)cc2C1. The number of thiophene rings is 1. The fourth-order valence-corrected chi connectivity index (χ4v) is 5.61. The second-order valence-electron chi connectivity index (χ2n) is 7.66. The molecule has 1 amide bonds. The second-order valence-corrected chi connectivity index (χ2v) is 9.72. The average molecular weight is 392 g/mol. The first-order chi connectivity index (χ1) is 12.6. The number of rotatable bonds is 4. The number of aromatic nitrogens is 2. The maximum Gasteiger partial charge on any atom is 0.277 e. The van der Waals surface area contributed by atoms with Gasteiger partial charge in [0.2, 0.25) is 5.91 Å². The van der Waals surface area contributed by atoms with E-state index in [9.17, 15) is 4.79 Å². The van der Waals surface area contributed by atoms with Crippen LogP contribution in [-0.4, -0.2) is 39.8 Å². The summed E-state index contributed by atoms with van der Waals surface area (Å²) < 4.78 is 5.81. The van der Waals surface area contributed by atoms with Gasteiger partial charge in [0.05, 0.1) is 10.6 Å². The third-order valence-corrected chi connectivity index (χ3v) is 7.30. The zero-order chi connectivity index (χ0) is 18.1. The topological polar surface area (TPSA) is 59.2 Å². The molecule has 0 radical (unpaired) electrons. The smallest absolute Gasteiger partial charge is 0.277 e. The Hall–Kier alpha value is -1.34. The number of likely N-dealkylation sites (tertiary alicyclic amines) is 1. The van der Waals surface area contributed by atoms with Gasteiger partial charge in [-0.25, -0.2) is 0 Å². The van der Waals surface area contributed by atoms with Crippen molar-refractivity contribution in [3.63, 3.8) is 0 Å². The highest BCUT2D eigenvalue weighted by Gasteiger charge is 2.23. The van der Waals surface area contributed by atoms with Gasteiger partial charge in [-0.2, -0.15) is 0 Å². The van der Waals surface area contributed by atoms with Crippen molar-refractivity contribution in [3.05, 3.63) is 16.5 Å². The van der Waals surface area contributed by atoms with Gasteiger partial charge in [0.1, 0.15) is 0 Å². The fourth-order valence-electron chi connectivity index (χ4n) is 3.81. The van der Waals surface area contributed by atoms with Gasteiger partial charge in [-0.15, -0.1) is 21.5 Å². The molecule has 26 heavy (non-hydrogen) atoms.